The molecule has 0 unspecified atom stereocenters. The molecule has 4 nitrogen and oxygen atoms in total. The first-order valence-corrected chi connectivity index (χ1v) is 10.8. The lowest BCUT2D eigenvalue weighted by atomic mass is 10.0. The summed E-state index contributed by atoms with van der Waals surface area (Å²) in [5.74, 6) is 0.179. The van der Waals surface area contributed by atoms with E-state index in [1.54, 1.807) is 0 Å². The molecule has 1 saturated heterocycles. The van der Waals surface area contributed by atoms with Gasteiger partial charge >= 0.3 is 0 Å². The molecule has 0 radical (unpaired) electrons. The van der Waals surface area contributed by atoms with E-state index in [0.29, 0.717) is 12.3 Å². The summed E-state index contributed by atoms with van der Waals surface area (Å²) in [6.45, 7) is 3.77. The van der Waals surface area contributed by atoms with Gasteiger partial charge in [-0.2, -0.15) is 0 Å². The minimum absolute atomic E-state index is 0.178. The van der Waals surface area contributed by atoms with E-state index in [1.165, 1.54) is 24.8 Å². The van der Waals surface area contributed by atoms with Crippen molar-refractivity contribution in [3.63, 3.8) is 0 Å². The van der Waals surface area contributed by atoms with Crippen LogP contribution in [0.1, 0.15) is 40.9 Å². The van der Waals surface area contributed by atoms with Gasteiger partial charge in [0.1, 0.15) is 5.58 Å². The fourth-order valence-electron chi connectivity index (χ4n) is 4.41. The highest BCUT2D eigenvalue weighted by molar-refractivity contribution is 6.08. The Morgan fingerprint density at radius 1 is 0.867 bits per heavy atom. The van der Waals surface area contributed by atoms with Crippen LogP contribution in [0.2, 0.25) is 0 Å². The standard InChI is InChI=1S/C26H26N2O2/c29-26(25-16-23-22-11-5-4-8-19(22)12-13-24(23)30-25)27-17-20-9-2-3-10-21(20)18-28-14-6-1-7-15-28/h2-5,8-13,16H,1,6-7,14-15,17-18H2,(H,27,29). The van der Waals surface area contributed by atoms with Gasteiger partial charge in [-0.05, 0) is 60.0 Å². The van der Waals surface area contributed by atoms with Crippen molar-refractivity contribution in [2.75, 3.05) is 13.1 Å². The molecule has 0 aliphatic carbocycles. The quantitative estimate of drug-likeness (QED) is 0.483. The van der Waals surface area contributed by atoms with E-state index < -0.39 is 0 Å². The highest BCUT2D eigenvalue weighted by atomic mass is 16.3. The largest absolute Gasteiger partial charge is 0.451 e. The maximum Gasteiger partial charge on any atom is 0.287 e. The van der Waals surface area contributed by atoms with Gasteiger partial charge in [0.2, 0.25) is 0 Å². The van der Waals surface area contributed by atoms with Crippen LogP contribution in [0.5, 0.6) is 0 Å². The number of carbonyl (C=O) groups is 1. The Hall–Kier alpha value is -3.11. The van der Waals surface area contributed by atoms with E-state index in [2.05, 4.69) is 40.5 Å². The summed E-state index contributed by atoms with van der Waals surface area (Å²) >= 11 is 0. The molecule has 0 atom stereocenters. The second-order valence-corrected chi connectivity index (χ2v) is 8.10. The monoisotopic (exact) mass is 398 g/mol. The van der Waals surface area contributed by atoms with Gasteiger partial charge in [-0.3, -0.25) is 9.69 Å². The van der Waals surface area contributed by atoms with E-state index in [4.69, 9.17) is 4.42 Å². The molecule has 3 aromatic carbocycles. The van der Waals surface area contributed by atoms with Crippen molar-refractivity contribution in [1.82, 2.24) is 10.2 Å². The number of furan rings is 1. The number of amides is 1. The molecule has 0 bridgehead atoms. The first kappa shape index (κ1) is 18.9. The number of piperidine rings is 1. The number of nitrogens with one attached hydrogen (secondary N) is 1. The van der Waals surface area contributed by atoms with E-state index in [-0.39, 0.29) is 5.91 Å². The molecule has 152 valence electrons. The number of likely N-dealkylation sites (tertiary alicyclic amines) is 1. The minimum atomic E-state index is -0.178. The maximum atomic E-state index is 12.8. The fourth-order valence-corrected chi connectivity index (χ4v) is 4.41. The third kappa shape index (κ3) is 3.83. The average Bonchev–Trinajstić information content (AvgIpc) is 3.24. The Bertz CT molecular complexity index is 1190. The van der Waals surface area contributed by atoms with Crippen molar-refractivity contribution >= 4 is 27.6 Å². The summed E-state index contributed by atoms with van der Waals surface area (Å²) < 4.78 is 5.86. The fraction of sp³-hybridized carbons (Fsp3) is 0.269. The van der Waals surface area contributed by atoms with Crippen molar-refractivity contribution < 1.29 is 9.21 Å². The van der Waals surface area contributed by atoms with Crippen molar-refractivity contribution in [3.05, 3.63) is 83.6 Å². The van der Waals surface area contributed by atoms with Crippen LogP contribution in [0.4, 0.5) is 0 Å². The van der Waals surface area contributed by atoms with E-state index in [1.807, 2.05) is 36.4 Å². The van der Waals surface area contributed by atoms with Crippen LogP contribution < -0.4 is 5.32 Å². The third-order valence-corrected chi connectivity index (χ3v) is 6.05. The highest BCUT2D eigenvalue weighted by Gasteiger charge is 2.16. The second-order valence-electron chi connectivity index (χ2n) is 8.10. The molecule has 1 aliphatic heterocycles. The molecule has 0 saturated carbocycles. The van der Waals surface area contributed by atoms with E-state index in [9.17, 15) is 4.79 Å². The first-order chi connectivity index (χ1) is 14.8. The molecule has 2 heterocycles. The van der Waals surface area contributed by atoms with Crippen molar-refractivity contribution in [2.45, 2.75) is 32.4 Å². The normalized spacial score (nSPS) is 14.9. The van der Waals surface area contributed by atoms with Crippen molar-refractivity contribution in [2.24, 2.45) is 0 Å². The summed E-state index contributed by atoms with van der Waals surface area (Å²) in [5.41, 5.74) is 3.19. The zero-order valence-corrected chi connectivity index (χ0v) is 17.1. The van der Waals surface area contributed by atoms with Crippen LogP contribution in [-0.4, -0.2) is 23.9 Å². The van der Waals surface area contributed by atoms with Gasteiger partial charge in [0.15, 0.2) is 5.76 Å². The molecule has 0 spiro atoms. The van der Waals surface area contributed by atoms with Gasteiger partial charge < -0.3 is 9.73 Å². The summed E-state index contributed by atoms with van der Waals surface area (Å²) in [6.07, 6.45) is 3.89. The maximum absolute atomic E-state index is 12.8. The summed E-state index contributed by atoms with van der Waals surface area (Å²) in [6, 6.07) is 22.4. The van der Waals surface area contributed by atoms with Crippen LogP contribution in [-0.2, 0) is 13.1 Å². The van der Waals surface area contributed by atoms with Gasteiger partial charge in [-0.1, -0.05) is 61.0 Å². The zero-order valence-electron chi connectivity index (χ0n) is 17.1. The van der Waals surface area contributed by atoms with Crippen LogP contribution >= 0.6 is 0 Å². The van der Waals surface area contributed by atoms with Crippen LogP contribution in [0, 0.1) is 0 Å². The van der Waals surface area contributed by atoms with Crippen molar-refractivity contribution in [1.29, 1.82) is 0 Å². The lowest BCUT2D eigenvalue weighted by Crippen LogP contribution is -2.30. The average molecular weight is 399 g/mol. The Morgan fingerprint density at radius 2 is 1.63 bits per heavy atom. The third-order valence-electron chi connectivity index (χ3n) is 6.05. The molecule has 1 amide bonds. The van der Waals surface area contributed by atoms with Gasteiger partial charge in [-0.25, -0.2) is 0 Å². The van der Waals surface area contributed by atoms with Gasteiger partial charge in [0.05, 0.1) is 0 Å². The molecule has 4 aromatic rings. The number of nitrogens with zero attached hydrogens (tertiary/aromatic N) is 1. The van der Waals surface area contributed by atoms with Crippen molar-refractivity contribution in [3.8, 4) is 0 Å². The van der Waals surface area contributed by atoms with Crippen LogP contribution in [0.25, 0.3) is 21.7 Å². The predicted molar refractivity (Wildman–Crippen MR) is 120 cm³/mol. The number of carbonyl (C=O) groups excluding carboxylic acids is 1. The number of hydrogen-bond acceptors (Lipinski definition) is 3. The number of rotatable bonds is 5. The molecule has 30 heavy (non-hydrogen) atoms. The Morgan fingerprint density at radius 3 is 2.50 bits per heavy atom. The smallest absolute Gasteiger partial charge is 0.287 e. The van der Waals surface area contributed by atoms with E-state index in [0.717, 1.165) is 46.9 Å². The number of benzene rings is 3. The molecule has 1 fully saturated rings. The Labute approximate surface area is 176 Å². The van der Waals surface area contributed by atoms with E-state index >= 15 is 0 Å². The SMILES string of the molecule is O=C(NCc1ccccc1CN1CCCCC1)c1cc2c(ccc3ccccc32)o1. The number of fused-ring (bicyclic) bond motifs is 3. The predicted octanol–water partition coefficient (Wildman–Crippen LogP) is 5.50. The zero-order chi connectivity index (χ0) is 20.3. The highest BCUT2D eigenvalue weighted by Crippen LogP contribution is 2.28. The molecule has 1 aliphatic rings. The molecular formula is C26H26N2O2. The lowest BCUT2D eigenvalue weighted by Gasteiger charge is -2.27. The molecule has 4 heteroatoms. The summed E-state index contributed by atoms with van der Waals surface area (Å²) in [5, 5.41) is 6.27. The second kappa shape index (κ2) is 8.33. The van der Waals surface area contributed by atoms with Crippen LogP contribution in [0.3, 0.4) is 0 Å². The molecule has 1 aromatic heterocycles. The lowest BCUT2D eigenvalue weighted by molar-refractivity contribution is 0.0925. The molecular weight excluding hydrogens is 372 g/mol. The first-order valence-electron chi connectivity index (χ1n) is 10.8. The molecule has 5 rings (SSSR count). The Balaban J connectivity index is 1.32. The summed E-state index contributed by atoms with van der Waals surface area (Å²) in [7, 11) is 0. The summed E-state index contributed by atoms with van der Waals surface area (Å²) in [4.78, 5) is 15.3. The van der Waals surface area contributed by atoms with Crippen LogP contribution in [0.15, 0.2) is 71.1 Å². The van der Waals surface area contributed by atoms with Gasteiger partial charge in [0.25, 0.3) is 5.91 Å². The topological polar surface area (TPSA) is 45.5 Å². The Kier molecular flexibility index (Phi) is 5.24. The van der Waals surface area contributed by atoms with Gasteiger partial charge in [0, 0.05) is 18.5 Å². The molecule has 1 N–H and O–H groups in total. The van der Waals surface area contributed by atoms with Gasteiger partial charge in [-0.15, -0.1) is 0 Å². The minimum Gasteiger partial charge on any atom is -0.451 e. The number of hydrogen-bond donors (Lipinski definition) is 1.